The van der Waals surface area contributed by atoms with Crippen LogP contribution in [0.1, 0.15) is 45.4 Å². The largest absolute Gasteiger partial charge is 0.481 e. The van der Waals surface area contributed by atoms with Crippen LogP contribution in [0.15, 0.2) is 30.3 Å². The third-order valence-corrected chi connectivity index (χ3v) is 7.40. The molecule has 1 aliphatic carbocycles. The number of carboxylic acids is 1. The van der Waals surface area contributed by atoms with Gasteiger partial charge in [0.1, 0.15) is 6.10 Å². The minimum atomic E-state index is -0.733. The number of carbonyl (C=O) groups is 2. The second kappa shape index (κ2) is 10.3. The number of amides is 1. The molecule has 1 saturated heterocycles. The lowest BCUT2D eigenvalue weighted by molar-refractivity contribution is -0.143. The maximum Gasteiger partial charge on any atom is 0.306 e. The average molecular weight is 512 g/mol. The van der Waals surface area contributed by atoms with E-state index in [9.17, 15) is 14.7 Å². The van der Waals surface area contributed by atoms with Gasteiger partial charge in [0.05, 0.1) is 22.2 Å². The van der Waals surface area contributed by atoms with Crippen molar-refractivity contribution in [3.63, 3.8) is 0 Å². The molecule has 3 N–H and O–H groups in total. The van der Waals surface area contributed by atoms with Gasteiger partial charge in [0.15, 0.2) is 5.65 Å². The zero-order valence-corrected chi connectivity index (χ0v) is 20.9. The van der Waals surface area contributed by atoms with Crippen molar-refractivity contribution in [2.24, 2.45) is 5.92 Å². The summed E-state index contributed by atoms with van der Waals surface area (Å²) >= 11 is 6.58. The van der Waals surface area contributed by atoms with Gasteiger partial charge < -0.3 is 25.0 Å². The Balaban J connectivity index is 1.26. The first-order valence-electron chi connectivity index (χ1n) is 12.4. The molecular formula is C26H30ClN5O4. The van der Waals surface area contributed by atoms with Crippen LogP contribution < -0.4 is 15.0 Å². The van der Waals surface area contributed by atoms with Crippen LogP contribution >= 0.6 is 11.6 Å². The number of fused-ring (bicyclic) bond motifs is 1. The molecule has 1 aromatic carbocycles. The molecule has 0 radical (unpaired) electrons. The molecule has 1 aliphatic heterocycles. The molecule has 1 saturated carbocycles. The highest BCUT2D eigenvalue weighted by Crippen LogP contribution is 2.32. The Morgan fingerprint density at radius 2 is 1.78 bits per heavy atom. The van der Waals surface area contributed by atoms with E-state index in [1.165, 1.54) is 0 Å². The molecule has 0 bridgehead atoms. The van der Waals surface area contributed by atoms with Gasteiger partial charge in [-0.25, -0.2) is 4.98 Å². The van der Waals surface area contributed by atoms with E-state index in [1.54, 1.807) is 13.0 Å². The van der Waals surface area contributed by atoms with Crippen LogP contribution in [0.2, 0.25) is 5.02 Å². The number of carbonyl (C=O) groups excluding carboxylic acids is 1. The highest BCUT2D eigenvalue weighted by Gasteiger charge is 2.27. The number of nitrogens with one attached hydrogen (secondary N) is 2. The molecule has 9 nitrogen and oxygen atoms in total. The molecule has 0 atom stereocenters. The van der Waals surface area contributed by atoms with Gasteiger partial charge in [-0.2, -0.15) is 4.98 Å². The summed E-state index contributed by atoms with van der Waals surface area (Å²) in [6, 6.07) is 10.6. The predicted molar refractivity (Wildman–Crippen MR) is 137 cm³/mol. The lowest BCUT2D eigenvalue weighted by atomic mass is 9.87. The van der Waals surface area contributed by atoms with Crippen molar-refractivity contribution < 1.29 is 19.4 Å². The van der Waals surface area contributed by atoms with Crippen molar-refractivity contribution in [2.45, 2.75) is 57.6 Å². The number of aromatic amines is 1. The molecule has 10 heteroatoms. The molecule has 1 amide bonds. The number of aliphatic carboxylic acids is 1. The standard InChI is InChI=1S/C26H30ClN5O4/c1-15(33)28-18-10-12-32(13-11-18)19-6-2-16(3-7-19)23-21(27)14-22-24(30-23)31-26(29-22)36-20-8-4-17(5-9-20)25(34)35/h2-3,6-7,14,17-18,20H,4-5,8-13H2,1H3,(H,28,33)(H,34,35)(H,29,30,31). The minimum Gasteiger partial charge on any atom is -0.481 e. The van der Waals surface area contributed by atoms with Crippen LogP contribution in [-0.2, 0) is 9.59 Å². The molecule has 0 unspecified atom stereocenters. The third kappa shape index (κ3) is 5.41. The van der Waals surface area contributed by atoms with E-state index in [0.29, 0.717) is 53.6 Å². The summed E-state index contributed by atoms with van der Waals surface area (Å²) in [5.74, 6) is -0.994. The third-order valence-electron chi connectivity index (χ3n) is 7.11. The van der Waals surface area contributed by atoms with E-state index in [2.05, 4.69) is 37.3 Å². The maximum atomic E-state index is 11.3. The number of pyridine rings is 1. The predicted octanol–water partition coefficient (Wildman–Crippen LogP) is 4.41. The number of halogens is 1. The zero-order chi connectivity index (χ0) is 25.2. The van der Waals surface area contributed by atoms with E-state index >= 15 is 0 Å². The number of H-pyrrole nitrogens is 1. The summed E-state index contributed by atoms with van der Waals surface area (Å²) in [7, 11) is 0. The fraction of sp³-hybridized carbons (Fsp3) is 0.462. The number of aromatic nitrogens is 3. The van der Waals surface area contributed by atoms with Crippen molar-refractivity contribution in [1.82, 2.24) is 20.3 Å². The van der Waals surface area contributed by atoms with Gasteiger partial charge in [0.25, 0.3) is 6.01 Å². The molecule has 2 aromatic heterocycles. The number of benzene rings is 1. The van der Waals surface area contributed by atoms with Crippen LogP contribution in [0.4, 0.5) is 5.69 Å². The van der Waals surface area contributed by atoms with E-state index in [0.717, 1.165) is 37.2 Å². The fourth-order valence-corrected chi connectivity index (χ4v) is 5.40. The monoisotopic (exact) mass is 511 g/mol. The Hall–Kier alpha value is -3.33. The van der Waals surface area contributed by atoms with Crippen molar-refractivity contribution >= 4 is 40.3 Å². The number of imidazole rings is 1. The van der Waals surface area contributed by atoms with Gasteiger partial charge in [-0.05, 0) is 56.7 Å². The van der Waals surface area contributed by atoms with Gasteiger partial charge in [-0.15, -0.1) is 0 Å². The Morgan fingerprint density at radius 3 is 2.42 bits per heavy atom. The first-order chi connectivity index (χ1) is 17.4. The fourth-order valence-electron chi connectivity index (χ4n) is 5.14. The first kappa shape index (κ1) is 24.4. The Morgan fingerprint density at radius 1 is 1.08 bits per heavy atom. The van der Waals surface area contributed by atoms with Gasteiger partial charge in [-0.3, -0.25) is 9.59 Å². The van der Waals surface area contributed by atoms with E-state index < -0.39 is 5.97 Å². The second-order valence-corrected chi connectivity index (χ2v) is 10.1. The van der Waals surface area contributed by atoms with Crippen molar-refractivity contribution in [1.29, 1.82) is 0 Å². The number of rotatable bonds is 6. The van der Waals surface area contributed by atoms with Crippen LogP contribution in [0, 0.1) is 5.92 Å². The number of hydrogen-bond acceptors (Lipinski definition) is 6. The second-order valence-electron chi connectivity index (χ2n) is 9.67. The highest BCUT2D eigenvalue weighted by molar-refractivity contribution is 6.33. The Bertz CT molecular complexity index is 1250. The molecule has 2 fully saturated rings. The Labute approximate surface area is 214 Å². The van der Waals surface area contributed by atoms with E-state index in [1.807, 2.05) is 12.1 Å². The number of piperidine rings is 1. The lowest BCUT2D eigenvalue weighted by Crippen LogP contribution is -2.44. The lowest BCUT2D eigenvalue weighted by Gasteiger charge is -2.33. The average Bonchev–Trinajstić information content (AvgIpc) is 3.25. The van der Waals surface area contributed by atoms with Gasteiger partial charge in [0.2, 0.25) is 5.91 Å². The first-order valence-corrected chi connectivity index (χ1v) is 12.8. The summed E-state index contributed by atoms with van der Waals surface area (Å²) in [6.45, 7) is 3.35. The van der Waals surface area contributed by atoms with Crippen LogP contribution in [0.3, 0.4) is 0 Å². The zero-order valence-electron chi connectivity index (χ0n) is 20.2. The number of carboxylic acid groups (broad SMARTS) is 1. The molecule has 190 valence electrons. The summed E-state index contributed by atoms with van der Waals surface area (Å²) < 4.78 is 5.99. The van der Waals surface area contributed by atoms with Gasteiger partial charge >= 0.3 is 5.97 Å². The van der Waals surface area contributed by atoms with Gasteiger partial charge in [-0.1, -0.05) is 23.7 Å². The normalized spacial score (nSPS) is 20.9. The van der Waals surface area contributed by atoms with E-state index in [4.69, 9.17) is 16.3 Å². The molecule has 36 heavy (non-hydrogen) atoms. The molecular weight excluding hydrogens is 482 g/mol. The van der Waals surface area contributed by atoms with Gasteiger partial charge in [0, 0.05) is 37.3 Å². The van der Waals surface area contributed by atoms with Crippen LogP contribution in [0.25, 0.3) is 22.4 Å². The SMILES string of the molecule is CC(=O)NC1CCN(c2ccc(-c3nc4nc(OC5CCC(C(=O)O)CC5)[nH]c4cc3Cl)cc2)CC1. The summed E-state index contributed by atoms with van der Waals surface area (Å²) in [6.07, 6.45) is 4.38. The number of ether oxygens (including phenoxy) is 1. The molecule has 2 aliphatic rings. The minimum absolute atomic E-state index is 0.0256. The smallest absolute Gasteiger partial charge is 0.306 e. The molecule has 5 rings (SSSR count). The Kier molecular flexibility index (Phi) is 7.00. The van der Waals surface area contributed by atoms with Crippen molar-refractivity contribution in [3.05, 3.63) is 35.4 Å². The topological polar surface area (TPSA) is 120 Å². The summed E-state index contributed by atoms with van der Waals surface area (Å²) in [5.41, 5.74) is 3.89. The van der Waals surface area contributed by atoms with Crippen molar-refractivity contribution in [3.8, 4) is 17.3 Å². The summed E-state index contributed by atoms with van der Waals surface area (Å²) in [4.78, 5) is 37.1. The molecule has 3 aromatic rings. The van der Waals surface area contributed by atoms with Crippen LogP contribution in [-0.4, -0.2) is 57.2 Å². The molecule has 0 spiro atoms. The maximum absolute atomic E-state index is 11.3. The number of nitrogens with zero attached hydrogens (tertiary/aromatic N) is 3. The highest BCUT2D eigenvalue weighted by atomic mass is 35.5. The van der Waals surface area contributed by atoms with E-state index in [-0.39, 0.29) is 24.0 Å². The van der Waals surface area contributed by atoms with Crippen LogP contribution in [0.5, 0.6) is 6.01 Å². The summed E-state index contributed by atoms with van der Waals surface area (Å²) in [5, 5.41) is 12.7. The number of hydrogen-bond donors (Lipinski definition) is 3. The molecule has 3 heterocycles. The van der Waals surface area contributed by atoms with Crippen molar-refractivity contribution in [2.75, 3.05) is 18.0 Å². The quantitative estimate of drug-likeness (QED) is 0.448. The number of anilines is 1.